The van der Waals surface area contributed by atoms with E-state index in [4.69, 9.17) is 16.6 Å². The number of aryl methyl sites for hydroxylation is 2. The smallest absolute Gasteiger partial charge is 0.279 e. The van der Waals surface area contributed by atoms with Crippen molar-refractivity contribution in [2.45, 2.75) is 13.3 Å². The minimum Gasteiger partial charge on any atom is -0.279 e. The van der Waals surface area contributed by atoms with Gasteiger partial charge in [-0.05, 0) is 24.6 Å². The average molecular weight is 452 g/mol. The van der Waals surface area contributed by atoms with E-state index in [1.165, 1.54) is 23.7 Å². The maximum Gasteiger partial charge on any atom is 0.332 e. The van der Waals surface area contributed by atoms with Crippen molar-refractivity contribution in [2.75, 3.05) is 0 Å². The number of halogens is 2. The topological polar surface area (TPSA) is 66.2 Å². The van der Waals surface area contributed by atoms with Crippen molar-refractivity contribution in [3.05, 3.63) is 85.9 Å². The Hall–Kier alpha value is -3.65. The largest absolute Gasteiger partial charge is 0.332 e. The van der Waals surface area contributed by atoms with E-state index in [0.717, 1.165) is 21.5 Å². The standard InChI is InChI=1S/C23H19ClFN5O2/c1-4-17-18(13-8-6-5-7-9-13)29(14-10-11-16(25)15(24)12-14)22-26-20-19(30(17)22)21(31)28(3)23(32)27(20)2/h5-12H,4H2,1-3H3. The predicted octanol–water partition coefficient (Wildman–Crippen LogP) is 3.70. The number of aromatic nitrogens is 5. The minimum absolute atomic E-state index is 0.0224. The fourth-order valence-corrected chi connectivity index (χ4v) is 4.39. The van der Waals surface area contributed by atoms with E-state index < -0.39 is 17.1 Å². The molecule has 5 aromatic rings. The summed E-state index contributed by atoms with van der Waals surface area (Å²) < 4.78 is 20.0. The molecule has 9 heteroatoms. The van der Waals surface area contributed by atoms with Crippen molar-refractivity contribution in [1.29, 1.82) is 0 Å². The molecule has 2 aromatic carbocycles. The van der Waals surface area contributed by atoms with E-state index in [1.807, 2.05) is 41.8 Å². The van der Waals surface area contributed by atoms with Gasteiger partial charge in [0.2, 0.25) is 5.78 Å². The van der Waals surface area contributed by atoms with Crippen LogP contribution in [0, 0.1) is 5.82 Å². The molecule has 162 valence electrons. The van der Waals surface area contributed by atoms with Crippen LogP contribution in [0.5, 0.6) is 0 Å². The van der Waals surface area contributed by atoms with Gasteiger partial charge in [-0.15, -0.1) is 0 Å². The van der Waals surface area contributed by atoms with Gasteiger partial charge in [0.05, 0.1) is 22.1 Å². The van der Waals surface area contributed by atoms with Crippen LogP contribution in [0.2, 0.25) is 5.02 Å². The van der Waals surface area contributed by atoms with Gasteiger partial charge >= 0.3 is 5.69 Å². The van der Waals surface area contributed by atoms with Gasteiger partial charge in [-0.2, -0.15) is 4.98 Å². The number of nitrogens with zero attached hydrogens (tertiary/aromatic N) is 5. The molecule has 5 rings (SSSR count). The Kier molecular flexibility index (Phi) is 4.56. The average Bonchev–Trinajstić information content (AvgIpc) is 3.33. The van der Waals surface area contributed by atoms with Crippen molar-refractivity contribution in [1.82, 2.24) is 23.1 Å². The Labute approximate surface area is 186 Å². The second-order valence-corrected chi connectivity index (χ2v) is 7.98. The molecular weight excluding hydrogens is 433 g/mol. The third kappa shape index (κ3) is 2.69. The molecule has 0 unspecified atom stereocenters. The van der Waals surface area contributed by atoms with Gasteiger partial charge < -0.3 is 0 Å². The molecule has 7 nitrogen and oxygen atoms in total. The van der Waals surface area contributed by atoms with E-state index >= 15 is 0 Å². The van der Waals surface area contributed by atoms with Gasteiger partial charge in [-0.3, -0.25) is 22.9 Å². The first-order chi connectivity index (χ1) is 15.3. The summed E-state index contributed by atoms with van der Waals surface area (Å²) >= 11 is 6.11. The van der Waals surface area contributed by atoms with E-state index in [-0.39, 0.29) is 10.7 Å². The normalized spacial score (nSPS) is 11.7. The molecule has 0 N–H and O–H groups in total. The minimum atomic E-state index is -0.527. The summed E-state index contributed by atoms with van der Waals surface area (Å²) in [5, 5.41) is -0.0224. The van der Waals surface area contributed by atoms with Crippen molar-refractivity contribution in [3.63, 3.8) is 0 Å². The van der Waals surface area contributed by atoms with Crippen LogP contribution in [0.25, 0.3) is 33.9 Å². The van der Waals surface area contributed by atoms with Gasteiger partial charge in [0.25, 0.3) is 5.56 Å². The Bertz CT molecular complexity index is 1640. The first kappa shape index (κ1) is 20.3. The summed E-state index contributed by atoms with van der Waals surface area (Å²) in [6, 6.07) is 14.1. The highest BCUT2D eigenvalue weighted by molar-refractivity contribution is 6.30. The van der Waals surface area contributed by atoms with Gasteiger partial charge in [-0.25, -0.2) is 9.18 Å². The van der Waals surface area contributed by atoms with Crippen LogP contribution in [0.4, 0.5) is 4.39 Å². The van der Waals surface area contributed by atoms with Crippen LogP contribution in [-0.2, 0) is 20.5 Å². The molecule has 32 heavy (non-hydrogen) atoms. The highest BCUT2D eigenvalue weighted by Crippen LogP contribution is 2.34. The quantitative estimate of drug-likeness (QED) is 0.420. The summed E-state index contributed by atoms with van der Waals surface area (Å²) in [6.07, 6.45) is 0.583. The molecule has 0 bridgehead atoms. The van der Waals surface area contributed by atoms with E-state index in [0.29, 0.717) is 23.4 Å². The molecule has 0 radical (unpaired) electrons. The number of rotatable bonds is 3. The van der Waals surface area contributed by atoms with Crippen LogP contribution < -0.4 is 11.2 Å². The van der Waals surface area contributed by atoms with Crippen LogP contribution in [0.3, 0.4) is 0 Å². The Morgan fingerprint density at radius 3 is 2.41 bits per heavy atom. The second kappa shape index (κ2) is 7.20. The second-order valence-electron chi connectivity index (χ2n) is 7.57. The monoisotopic (exact) mass is 451 g/mol. The molecule has 0 aliphatic heterocycles. The zero-order chi connectivity index (χ0) is 22.7. The zero-order valence-electron chi connectivity index (χ0n) is 17.6. The molecule has 0 saturated heterocycles. The van der Waals surface area contributed by atoms with Crippen LogP contribution >= 0.6 is 11.6 Å². The predicted molar refractivity (Wildman–Crippen MR) is 122 cm³/mol. The van der Waals surface area contributed by atoms with Crippen LogP contribution in [-0.4, -0.2) is 23.1 Å². The van der Waals surface area contributed by atoms with Gasteiger partial charge in [-0.1, -0.05) is 48.9 Å². The van der Waals surface area contributed by atoms with Gasteiger partial charge in [0.1, 0.15) is 5.82 Å². The Morgan fingerprint density at radius 2 is 1.75 bits per heavy atom. The molecular formula is C23H19ClFN5O2. The highest BCUT2D eigenvalue weighted by Gasteiger charge is 2.26. The number of imidazole rings is 2. The summed E-state index contributed by atoms with van der Waals surface area (Å²) in [4.78, 5) is 30.3. The maximum absolute atomic E-state index is 13.9. The maximum atomic E-state index is 13.9. The van der Waals surface area contributed by atoms with Gasteiger partial charge in [0, 0.05) is 19.7 Å². The Morgan fingerprint density at radius 1 is 1.03 bits per heavy atom. The summed E-state index contributed by atoms with van der Waals surface area (Å²) in [6.45, 7) is 1.99. The first-order valence-electron chi connectivity index (χ1n) is 10.1. The third-order valence-corrected chi connectivity index (χ3v) is 6.04. The fourth-order valence-electron chi connectivity index (χ4n) is 4.21. The SMILES string of the molecule is CCc1c(-c2ccccc2)n(-c2ccc(F)c(Cl)c2)c2nc3c(c(=O)n(C)c(=O)n3C)n12. The van der Waals surface area contributed by atoms with Crippen molar-refractivity contribution < 1.29 is 4.39 Å². The highest BCUT2D eigenvalue weighted by atomic mass is 35.5. The number of fused-ring (bicyclic) bond motifs is 3. The fraction of sp³-hybridized carbons (Fsp3) is 0.174. The van der Waals surface area contributed by atoms with Crippen molar-refractivity contribution >= 4 is 28.5 Å². The number of benzene rings is 2. The lowest BCUT2D eigenvalue weighted by atomic mass is 10.1. The summed E-state index contributed by atoms with van der Waals surface area (Å²) in [5.74, 6) is -0.0861. The lowest BCUT2D eigenvalue weighted by Crippen LogP contribution is -2.37. The molecule has 3 heterocycles. The lowest BCUT2D eigenvalue weighted by Gasteiger charge is -2.12. The summed E-state index contributed by atoms with van der Waals surface area (Å²) in [5.41, 5.74) is 2.86. The zero-order valence-corrected chi connectivity index (χ0v) is 18.4. The van der Waals surface area contributed by atoms with Crippen LogP contribution in [0.1, 0.15) is 12.6 Å². The first-order valence-corrected chi connectivity index (χ1v) is 10.5. The molecule has 0 spiro atoms. The lowest BCUT2D eigenvalue weighted by molar-refractivity contribution is 0.628. The van der Waals surface area contributed by atoms with Crippen molar-refractivity contribution in [3.8, 4) is 16.9 Å². The summed E-state index contributed by atoms with van der Waals surface area (Å²) in [7, 11) is 3.03. The molecule has 0 fully saturated rings. The molecule has 0 amide bonds. The van der Waals surface area contributed by atoms with Crippen molar-refractivity contribution in [2.24, 2.45) is 14.1 Å². The van der Waals surface area contributed by atoms with E-state index in [1.54, 1.807) is 17.5 Å². The number of hydrogen-bond donors (Lipinski definition) is 0. The Balaban J connectivity index is 2.06. The molecule has 0 aliphatic rings. The third-order valence-electron chi connectivity index (χ3n) is 5.75. The van der Waals surface area contributed by atoms with Crippen LogP contribution in [0.15, 0.2) is 58.1 Å². The van der Waals surface area contributed by atoms with Gasteiger partial charge in [0.15, 0.2) is 11.2 Å². The molecule has 0 saturated carbocycles. The van der Waals surface area contributed by atoms with E-state index in [9.17, 15) is 14.0 Å². The number of hydrogen-bond acceptors (Lipinski definition) is 3. The molecule has 3 aromatic heterocycles. The van der Waals surface area contributed by atoms with E-state index in [2.05, 4.69) is 0 Å². The molecule has 0 aliphatic carbocycles. The molecule has 0 atom stereocenters.